The highest BCUT2D eigenvalue weighted by Crippen LogP contribution is 2.47. The molecule has 1 unspecified atom stereocenters. The van der Waals surface area contributed by atoms with Crippen molar-refractivity contribution >= 4 is 27.5 Å². The maximum Gasteiger partial charge on any atom is 0.297 e. The van der Waals surface area contributed by atoms with Crippen LogP contribution >= 0.6 is 0 Å². The number of pyridine rings is 1. The second-order valence-corrected chi connectivity index (χ2v) is 6.53. The topological polar surface area (TPSA) is 13.2 Å². The molecule has 0 bridgehead atoms. The molecule has 23 heavy (non-hydrogen) atoms. The van der Waals surface area contributed by atoms with E-state index < -0.39 is 0 Å². The summed E-state index contributed by atoms with van der Waals surface area (Å²) in [4.78, 5) is 0. The first-order valence-corrected chi connectivity index (χ1v) is 8.00. The molecular weight excluding hydrogens is 282 g/mol. The van der Waals surface area contributed by atoms with Crippen molar-refractivity contribution in [3.05, 3.63) is 72.6 Å². The van der Waals surface area contributed by atoms with Gasteiger partial charge in [-0.1, -0.05) is 24.3 Å². The number of nitrogens with zero attached hydrogens (tertiary/aromatic N) is 3. The molecule has 0 aliphatic carbocycles. The van der Waals surface area contributed by atoms with Crippen molar-refractivity contribution in [3.8, 4) is 11.3 Å². The van der Waals surface area contributed by atoms with Crippen LogP contribution in [0.2, 0.25) is 0 Å². The fourth-order valence-corrected chi connectivity index (χ4v) is 4.75. The molecule has 1 atom stereocenters. The lowest BCUT2D eigenvalue weighted by atomic mass is 10.0. The van der Waals surface area contributed by atoms with Gasteiger partial charge in [0, 0.05) is 17.3 Å². The van der Waals surface area contributed by atoms with E-state index in [1.165, 1.54) is 44.3 Å². The summed E-state index contributed by atoms with van der Waals surface area (Å²) in [5.41, 5.74) is 8.09. The number of benzene rings is 2. The molecule has 5 aromatic rings. The Bertz CT molecular complexity index is 1320. The molecule has 106 valence electrons. The van der Waals surface area contributed by atoms with Gasteiger partial charge in [0.05, 0.1) is 17.3 Å². The van der Waals surface area contributed by atoms with Gasteiger partial charge in [-0.25, -0.2) is 0 Å². The summed E-state index contributed by atoms with van der Waals surface area (Å²) in [5.74, 6) is 0. The highest BCUT2D eigenvalue weighted by molar-refractivity contribution is 6.03. The van der Waals surface area contributed by atoms with Gasteiger partial charge in [0.1, 0.15) is 0 Å². The molecule has 3 heteroatoms. The third-order valence-electron chi connectivity index (χ3n) is 5.58. The van der Waals surface area contributed by atoms with E-state index >= 15 is 0 Å². The maximum absolute atomic E-state index is 2.51. The molecule has 0 saturated carbocycles. The standard InChI is InChI=1S/C20H12N3/c1-2-5-16-15(4-1)22-11-9-12-7-8-13-14-6-3-10-21(14)20-18(13)17(12)19(22)23(16)20/h1-11,20H/q+1. The van der Waals surface area contributed by atoms with Gasteiger partial charge >= 0.3 is 0 Å². The van der Waals surface area contributed by atoms with Crippen LogP contribution in [0.25, 0.3) is 38.7 Å². The van der Waals surface area contributed by atoms with Crippen LogP contribution in [0.1, 0.15) is 11.7 Å². The Hall–Kier alpha value is -3.07. The van der Waals surface area contributed by atoms with Crippen LogP contribution < -0.4 is 4.57 Å². The molecule has 0 spiro atoms. The maximum atomic E-state index is 2.51. The quantitative estimate of drug-likeness (QED) is 0.378. The van der Waals surface area contributed by atoms with Crippen molar-refractivity contribution < 1.29 is 4.57 Å². The lowest BCUT2D eigenvalue weighted by Gasteiger charge is -2.08. The largest absolute Gasteiger partial charge is 0.304 e. The van der Waals surface area contributed by atoms with Gasteiger partial charge in [-0.05, 0) is 35.7 Å². The summed E-state index contributed by atoms with van der Waals surface area (Å²) >= 11 is 0. The van der Waals surface area contributed by atoms with Crippen molar-refractivity contribution in [2.75, 3.05) is 0 Å². The molecule has 0 saturated heterocycles. The molecule has 3 nitrogen and oxygen atoms in total. The number of para-hydroxylation sites is 2. The summed E-state index contributed by atoms with van der Waals surface area (Å²) in [6, 6.07) is 19.9. The lowest BCUT2D eigenvalue weighted by molar-refractivity contribution is -0.663. The molecule has 0 N–H and O–H groups in total. The molecule has 3 aromatic heterocycles. The number of fused-ring (bicyclic) bond motifs is 7. The summed E-state index contributed by atoms with van der Waals surface area (Å²) in [5, 5.41) is 2.75. The van der Waals surface area contributed by atoms with E-state index in [2.05, 4.69) is 80.5 Å². The summed E-state index contributed by atoms with van der Waals surface area (Å²) in [6.45, 7) is 0. The smallest absolute Gasteiger partial charge is 0.297 e. The third kappa shape index (κ3) is 0.941. The predicted octanol–water partition coefficient (Wildman–Crippen LogP) is 3.72. The molecule has 0 amide bonds. The molecule has 7 rings (SSSR count). The molecule has 0 radical (unpaired) electrons. The van der Waals surface area contributed by atoms with Gasteiger partial charge in [-0.2, -0.15) is 8.97 Å². The van der Waals surface area contributed by atoms with Crippen molar-refractivity contribution in [2.24, 2.45) is 0 Å². The minimum absolute atomic E-state index is 0.256. The number of aromatic nitrogens is 3. The SMILES string of the molecule is c1ccc2c(c1)n1ccc3ccc4c5c3c1[n+]2C5n1cccc1-4. The molecule has 5 heterocycles. The van der Waals surface area contributed by atoms with Gasteiger partial charge in [-0.15, -0.1) is 0 Å². The van der Waals surface area contributed by atoms with E-state index in [0.717, 1.165) is 0 Å². The zero-order valence-corrected chi connectivity index (χ0v) is 12.3. The van der Waals surface area contributed by atoms with Crippen LogP contribution in [0.5, 0.6) is 0 Å². The fraction of sp³-hybridized carbons (Fsp3) is 0.0500. The molecule has 2 aromatic carbocycles. The van der Waals surface area contributed by atoms with E-state index in [4.69, 9.17) is 0 Å². The first-order chi connectivity index (χ1) is 11.4. The van der Waals surface area contributed by atoms with Crippen LogP contribution in [-0.4, -0.2) is 8.97 Å². The second-order valence-electron chi connectivity index (χ2n) is 6.53. The van der Waals surface area contributed by atoms with Crippen molar-refractivity contribution in [1.29, 1.82) is 0 Å². The van der Waals surface area contributed by atoms with E-state index in [1.807, 2.05) is 0 Å². The Morgan fingerprint density at radius 2 is 1.83 bits per heavy atom. The van der Waals surface area contributed by atoms with E-state index in [1.54, 1.807) is 0 Å². The van der Waals surface area contributed by atoms with Gasteiger partial charge in [0.25, 0.3) is 5.65 Å². The van der Waals surface area contributed by atoms with Gasteiger partial charge in [0.15, 0.2) is 11.0 Å². The Morgan fingerprint density at radius 1 is 0.870 bits per heavy atom. The Labute approximate surface area is 131 Å². The van der Waals surface area contributed by atoms with Gasteiger partial charge in [0.2, 0.25) is 6.17 Å². The monoisotopic (exact) mass is 294 g/mol. The number of imidazole rings is 1. The Morgan fingerprint density at radius 3 is 2.83 bits per heavy atom. The summed E-state index contributed by atoms with van der Waals surface area (Å²) < 4.78 is 7.27. The number of rotatable bonds is 0. The van der Waals surface area contributed by atoms with Crippen molar-refractivity contribution in [2.45, 2.75) is 6.17 Å². The number of hydrogen-bond acceptors (Lipinski definition) is 0. The van der Waals surface area contributed by atoms with E-state index in [-0.39, 0.29) is 6.17 Å². The van der Waals surface area contributed by atoms with E-state index in [9.17, 15) is 0 Å². The van der Waals surface area contributed by atoms with Gasteiger partial charge in [-0.3, -0.25) is 0 Å². The van der Waals surface area contributed by atoms with Crippen LogP contribution in [0.15, 0.2) is 67.0 Å². The first-order valence-electron chi connectivity index (χ1n) is 8.00. The Balaban J connectivity index is 1.88. The zero-order valence-electron chi connectivity index (χ0n) is 12.3. The molecular formula is C20H12N3+. The third-order valence-corrected chi connectivity index (χ3v) is 5.58. The minimum Gasteiger partial charge on any atom is -0.304 e. The van der Waals surface area contributed by atoms with Crippen molar-refractivity contribution in [1.82, 2.24) is 8.97 Å². The zero-order chi connectivity index (χ0) is 14.7. The highest BCUT2D eigenvalue weighted by Gasteiger charge is 2.44. The van der Waals surface area contributed by atoms with E-state index in [0.29, 0.717) is 0 Å². The molecule has 2 aliphatic rings. The summed E-state index contributed by atoms with van der Waals surface area (Å²) in [6.07, 6.45) is 4.68. The average molecular weight is 294 g/mol. The molecule has 0 fully saturated rings. The van der Waals surface area contributed by atoms with Crippen LogP contribution in [0, 0.1) is 0 Å². The average Bonchev–Trinajstić information content (AvgIpc) is 3.30. The number of hydrogen-bond donors (Lipinski definition) is 0. The van der Waals surface area contributed by atoms with Crippen molar-refractivity contribution in [3.63, 3.8) is 0 Å². The fourth-order valence-electron chi connectivity index (χ4n) is 4.75. The van der Waals surface area contributed by atoms with Crippen LogP contribution in [0.4, 0.5) is 0 Å². The van der Waals surface area contributed by atoms with Crippen LogP contribution in [-0.2, 0) is 0 Å². The second kappa shape index (κ2) is 3.15. The highest BCUT2D eigenvalue weighted by atomic mass is 15.3. The van der Waals surface area contributed by atoms with Crippen LogP contribution in [0.3, 0.4) is 0 Å². The minimum atomic E-state index is 0.256. The van der Waals surface area contributed by atoms with Gasteiger partial charge < -0.3 is 4.57 Å². The lowest BCUT2D eigenvalue weighted by Crippen LogP contribution is -2.39. The Kier molecular flexibility index (Phi) is 1.46. The normalized spacial score (nSPS) is 17.1. The summed E-state index contributed by atoms with van der Waals surface area (Å²) in [7, 11) is 0. The first kappa shape index (κ1) is 10.6. The predicted molar refractivity (Wildman–Crippen MR) is 89.6 cm³/mol. The molecule has 2 aliphatic heterocycles.